The number of hydrogen-bond donors (Lipinski definition) is 2. The van der Waals surface area contributed by atoms with Gasteiger partial charge >= 0.3 is 5.97 Å². The van der Waals surface area contributed by atoms with E-state index in [0.717, 1.165) is 0 Å². The summed E-state index contributed by atoms with van der Waals surface area (Å²) in [5, 5.41) is 9.74. The third kappa shape index (κ3) is 2.55. The lowest BCUT2D eigenvalue weighted by Crippen LogP contribution is -2.04. The number of aromatic nitrogens is 1. The quantitative estimate of drug-likeness (QED) is 0.886. The average molecular weight is 283 g/mol. The molecule has 0 atom stereocenters. The van der Waals surface area contributed by atoms with Gasteiger partial charge in [-0.05, 0) is 35.9 Å². The summed E-state index contributed by atoms with van der Waals surface area (Å²) in [6.45, 7) is 0. The van der Waals surface area contributed by atoms with Gasteiger partial charge in [0.2, 0.25) is 0 Å². The molecule has 0 spiro atoms. The van der Waals surface area contributed by atoms with E-state index in [1.807, 2.05) is 0 Å². The van der Waals surface area contributed by atoms with E-state index in [1.54, 1.807) is 24.3 Å². The number of halogens is 2. The molecule has 0 aliphatic heterocycles. The Labute approximate surface area is 113 Å². The fourth-order valence-electron chi connectivity index (χ4n) is 1.55. The molecule has 0 aliphatic carbocycles. The van der Waals surface area contributed by atoms with Crippen LogP contribution in [0.2, 0.25) is 10.0 Å². The number of anilines is 1. The van der Waals surface area contributed by atoms with Crippen LogP contribution in [0.4, 0.5) is 5.82 Å². The lowest BCUT2D eigenvalue weighted by atomic mass is 10.1. The highest BCUT2D eigenvalue weighted by Crippen LogP contribution is 2.30. The minimum Gasteiger partial charge on any atom is -0.477 e. The van der Waals surface area contributed by atoms with Gasteiger partial charge in [0.05, 0.1) is 0 Å². The van der Waals surface area contributed by atoms with Gasteiger partial charge in [-0.1, -0.05) is 23.2 Å². The summed E-state index contributed by atoms with van der Waals surface area (Å²) in [5.74, 6) is -1.01. The van der Waals surface area contributed by atoms with Crippen molar-refractivity contribution in [3.63, 3.8) is 0 Å². The van der Waals surface area contributed by atoms with Gasteiger partial charge < -0.3 is 10.8 Å². The summed E-state index contributed by atoms with van der Waals surface area (Å²) in [4.78, 5) is 14.5. The number of pyridine rings is 1. The first-order valence-corrected chi connectivity index (χ1v) is 5.69. The van der Waals surface area contributed by atoms with Crippen LogP contribution in [0.3, 0.4) is 0 Å². The summed E-state index contributed by atoms with van der Waals surface area (Å²) in [6.07, 6.45) is 0. The summed E-state index contributed by atoms with van der Waals surface area (Å²) >= 11 is 11.8. The van der Waals surface area contributed by atoms with E-state index >= 15 is 0 Å². The number of carbonyl (C=O) groups is 1. The highest BCUT2D eigenvalue weighted by Gasteiger charge is 2.10. The molecule has 0 bridgehead atoms. The number of aromatic carboxylic acids is 1. The van der Waals surface area contributed by atoms with Gasteiger partial charge in [0.1, 0.15) is 5.82 Å². The normalized spacial score (nSPS) is 10.3. The van der Waals surface area contributed by atoms with Gasteiger partial charge in [0.15, 0.2) is 5.69 Å². The van der Waals surface area contributed by atoms with Crippen molar-refractivity contribution in [2.24, 2.45) is 0 Å². The van der Waals surface area contributed by atoms with Crippen LogP contribution in [0.15, 0.2) is 30.3 Å². The van der Waals surface area contributed by atoms with Crippen molar-refractivity contribution in [3.05, 3.63) is 46.1 Å². The molecule has 0 fully saturated rings. The fourth-order valence-corrected chi connectivity index (χ4v) is 2.07. The van der Waals surface area contributed by atoms with E-state index in [1.165, 1.54) is 6.07 Å². The number of hydrogen-bond acceptors (Lipinski definition) is 3. The number of rotatable bonds is 2. The third-order valence-electron chi connectivity index (χ3n) is 2.32. The number of carboxylic acids is 1. The molecular weight excluding hydrogens is 275 g/mol. The highest BCUT2D eigenvalue weighted by molar-refractivity contribution is 6.35. The predicted molar refractivity (Wildman–Crippen MR) is 71.1 cm³/mol. The van der Waals surface area contributed by atoms with Crippen LogP contribution in [-0.4, -0.2) is 16.1 Å². The Hall–Kier alpha value is -1.78. The lowest BCUT2D eigenvalue weighted by molar-refractivity contribution is 0.0690. The minimum absolute atomic E-state index is 0.107. The Balaban J connectivity index is 2.54. The van der Waals surface area contributed by atoms with Crippen LogP contribution >= 0.6 is 23.2 Å². The van der Waals surface area contributed by atoms with Crippen molar-refractivity contribution in [1.82, 2.24) is 4.98 Å². The maximum absolute atomic E-state index is 10.7. The third-order valence-corrected chi connectivity index (χ3v) is 2.75. The number of nitrogen functional groups attached to an aromatic ring is 1. The first kappa shape index (κ1) is 12.7. The molecule has 4 nitrogen and oxygen atoms in total. The van der Waals surface area contributed by atoms with Crippen LogP contribution in [0.1, 0.15) is 10.5 Å². The molecule has 0 amide bonds. The van der Waals surface area contributed by atoms with E-state index in [2.05, 4.69) is 4.98 Å². The van der Waals surface area contributed by atoms with Gasteiger partial charge in [-0.15, -0.1) is 0 Å². The maximum atomic E-state index is 10.7. The molecule has 1 heterocycles. The van der Waals surface area contributed by atoms with E-state index in [0.29, 0.717) is 21.2 Å². The zero-order valence-corrected chi connectivity index (χ0v) is 10.5. The van der Waals surface area contributed by atoms with Crippen molar-refractivity contribution >= 4 is 35.0 Å². The summed E-state index contributed by atoms with van der Waals surface area (Å²) in [6, 6.07) is 7.92. The Kier molecular flexibility index (Phi) is 3.41. The summed E-state index contributed by atoms with van der Waals surface area (Å²) in [7, 11) is 0. The topological polar surface area (TPSA) is 76.2 Å². The molecular formula is C12H8Cl2N2O2. The van der Waals surface area contributed by atoms with E-state index in [9.17, 15) is 4.79 Å². The zero-order valence-electron chi connectivity index (χ0n) is 9.02. The van der Waals surface area contributed by atoms with Crippen LogP contribution in [0, 0.1) is 0 Å². The minimum atomic E-state index is -1.13. The van der Waals surface area contributed by atoms with Crippen molar-refractivity contribution in [1.29, 1.82) is 0 Å². The van der Waals surface area contributed by atoms with Crippen molar-refractivity contribution in [2.75, 3.05) is 5.73 Å². The van der Waals surface area contributed by atoms with Crippen molar-refractivity contribution < 1.29 is 9.90 Å². The maximum Gasteiger partial charge on any atom is 0.354 e. The number of nitrogens with two attached hydrogens (primary N) is 1. The molecule has 0 unspecified atom stereocenters. The lowest BCUT2D eigenvalue weighted by Gasteiger charge is -2.07. The van der Waals surface area contributed by atoms with Crippen LogP contribution < -0.4 is 5.73 Å². The molecule has 92 valence electrons. The van der Waals surface area contributed by atoms with Crippen LogP contribution in [0.5, 0.6) is 0 Å². The number of carboxylic acid groups (broad SMARTS) is 1. The smallest absolute Gasteiger partial charge is 0.354 e. The van der Waals surface area contributed by atoms with Crippen LogP contribution in [0.25, 0.3) is 11.1 Å². The van der Waals surface area contributed by atoms with E-state index in [4.69, 9.17) is 34.0 Å². The molecule has 6 heteroatoms. The SMILES string of the molecule is Nc1nc(C(=O)O)ccc1-c1cc(Cl)cc(Cl)c1. The molecule has 3 N–H and O–H groups in total. The first-order valence-electron chi connectivity index (χ1n) is 4.93. The average Bonchev–Trinajstić information content (AvgIpc) is 2.27. The molecule has 1 aromatic heterocycles. The molecule has 1 aromatic carbocycles. The molecule has 0 saturated carbocycles. The van der Waals surface area contributed by atoms with Crippen molar-refractivity contribution in [2.45, 2.75) is 0 Å². The van der Waals surface area contributed by atoms with Crippen molar-refractivity contribution in [3.8, 4) is 11.1 Å². The molecule has 2 aromatic rings. The van der Waals surface area contributed by atoms with Gasteiger partial charge in [-0.3, -0.25) is 0 Å². The van der Waals surface area contributed by atoms with Gasteiger partial charge in [-0.25, -0.2) is 9.78 Å². The highest BCUT2D eigenvalue weighted by atomic mass is 35.5. The fraction of sp³-hybridized carbons (Fsp3) is 0. The monoisotopic (exact) mass is 282 g/mol. The van der Waals surface area contributed by atoms with Gasteiger partial charge in [0.25, 0.3) is 0 Å². The molecule has 0 radical (unpaired) electrons. The second kappa shape index (κ2) is 4.84. The molecule has 18 heavy (non-hydrogen) atoms. The van der Waals surface area contributed by atoms with Gasteiger partial charge in [-0.2, -0.15) is 0 Å². The Morgan fingerprint density at radius 2 is 1.78 bits per heavy atom. The Morgan fingerprint density at radius 3 is 2.28 bits per heavy atom. The summed E-state index contributed by atoms with van der Waals surface area (Å²) in [5.41, 5.74) is 6.90. The van der Waals surface area contributed by atoms with E-state index < -0.39 is 5.97 Å². The zero-order chi connectivity index (χ0) is 13.3. The molecule has 0 aliphatic rings. The standard InChI is InChI=1S/C12H8Cl2N2O2/c13-7-3-6(4-8(14)5-7)9-1-2-10(12(17)18)16-11(9)15/h1-5H,(H2,15,16)(H,17,18). The predicted octanol–water partition coefficient (Wildman–Crippen LogP) is 3.34. The second-order valence-electron chi connectivity index (χ2n) is 3.59. The first-order chi connectivity index (χ1) is 8.47. The summed E-state index contributed by atoms with van der Waals surface area (Å²) < 4.78 is 0. The number of nitrogens with zero attached hydrogens (tertiary/aromatic N) is 1. The number of benzene rings is 1. The van der Waals surface area contributed by atoms with E-state index in [-0.39, 0.29) is 11.5 Å². The second-order valence-corrected chi connectivity index (χ2v) is 4.47. The Bertz CT molecular complexity index is 609. The largest absolute Gasteiger partial charge is 0.477 e. The van der Waals surface area contributed by atoms with Gasteiger partial charge in [0, 0.05) is 15.6 Å². The molecule has 2 rings (SSSR count). The van der Waals surface area contributed by atoms with Crippen LogP contribution in [-0.2, 0) is 0 Å². The Morgan fingerprint density at radius 1 is 1.17 bits per heavy atom. The molecule has 0 saturated heterocycles.